The van der Waals surface area contributed by atoms with Gasteiger partial charge in [-0.25, -0.2) is 4.79 Å². The molecule has 0 aliphatic heterocycles. The monoisotopic (exact) mass is 268 g/mol. The summed E-state index contributed by atoms with van der Waals surface area (Å²) in [5.74, 6) is -0.304. The Kier molecular flexibility index (Phi) is 4.66. The number of carboxylic acids is 1. The molecule has 0 saturated heterocycles. The molecule has 2 aliphatic rings. The van der Waals surface area contributed by atoms with Crippen molar-refractivity contribution in [3.63, 3.8) is 0 Å². The summed E-state index contributed by atoms with van der Waals surface area (Å²) in [6.45, 7) is 0.597. The lowest BCUT2D eigenvalue weighted by atomic mass is 9.85. The Morgan fingerprint density at radius 3 is 2.21 bits per heavy atom. The van der Waals surface area contributed by atoms with E-state index in [1.54, 1.807) is 16.8 Å². The van der Waals surface area contributed by atoms with E-state index in [0.717, 1.165) is 32.2 Å². The van der Waals surface area contributed by atoms with Crippen LogP contribution in [0.2, 0.25) is 0 Å². The van der Waals surface area contributed by atoms with Crippen molar-refractivity contribution < 1.29 is 14.7 Å². The first-order valence-electron chi connectivity index (χ1n) is 7.31. The van der Waals surface area contributed by atoms with Gasteiger partial charge in [0.1, 0.15) is 6.54 Å². The van der Waals surface area contributed by atoms with Gasteiger partial charge in [-0.15, -0.1) is 0 Å². The van der Waals surface area contributed by atoms with Gasteiger partial charge in [0.05, 0.1) is 0 Å². The Labute approximate surface area is 114 Å². The fraction of sp³-hybridized carbons (Fsp3) is 0.857. The second-order valence-electron chi connectivity index (χ2n) is 5.92. The first kappa shape index (κ1) is 14.2. The maximum Gasteiger partial charge on any atom is 0.323 e. The Morgan fingerprint density at radius 2 is 1.74 bits per heavy atom. The van der Waals surface area contributed by atoms with Crippen molar-refractivity contribution in [2.75, 3.05) is 20.1 Å². The highest BCUT2D eigenvalue weighted by Crippen LogP contribution is 2.28. The first-order chi connectivity index (χ1) is 9.08. The Balaban J connectivity index is 1.94. The van der Waals surface area contributed by atoms with Crippen LogP contribution in [0.15, 0.2) is 0 Å². The summed E-state index contributed by atoms with van der Waals surface area (Å²) in [4.78, 5) is 26.7. The molecule has 0 aromatic heterocycles. The molecule has 2 rings (SSSR count). The van der Waals surface area contributed by atoms with E-state index < -0.39 is 5.97 Å². The Bertz CT molecular complexity index is 336. The third-order valence-corrected chi connectivity index (χ3v) is 4.40. The lowest BCUT2D eigenvalue weighted by molar-refractivity contribution is -0.138. The number of rotatable bonds is 5. The van der Waals surface area contributed by atoms with Crippen LogP contribution in [0.1, 0.15) is 44.9 Å². The molecule has 108 valence electrons. The number of carboxylic acid groups (broad SMARTS) is 1. The molecule has 0 aromatic rings. The van der Waals surface area contributed by atoms with Crippen molar-refractivity contribution in [2.45, 2.75) is 51.0 Å². The predicted octanol–water partition coefficient (Wildman–Crippen LogP) is 2.17. The fourth-order valence-corrected chi connectivity index (χ4v) is 3.07. The molecule has 19 heavy (non-hydrogen) atoms. The lowest BCUT2D eigenvalue weighted by Crippen LogP contribution is -2.49. The number of urea groups is 1. The smallest absolute Gasteiger partial charge is 0.323 e. The molecular weight excluding hydrogens is 244 g/mol. The molecular formula is C14H24N2O3. The minimum absolute atomic E-state index is 0.110. The van der Waals surface area contributed by atoms with Crippen LogP contribution >= 0.6 is 0 Å². The molecule has 0 bridgehead atoms. The van der Waals surface area contributed by atoms with Crippen molar-refractivity contribution in [2.24, 2.45) is 5.92 Å². The van der Waals surface area contributed by atoms with Crippen LogP contribution in [-0.4, -0.2) is 53.1 Å². The quantitative estimate of drug-likeness (QED) is 0.831. The van der Waals surface area contributed by atoms with Crippen LogP contribution in [0.4, 0.5) is 4.79 Å². The number of carbonyl (C=O) groups excluding carboxylic acids is 1. The maximum atomic E-state index is 12.4. The number of carbonyl (C=O) groups is 2. The average Bonchev–Trinajstić information content (AvgIpc) is 2.82. The standard InChI is InChI=1S/C14H24N2O3/c1-15(9-11-5-4-6-11)14(19)16(10-13(17)18)12-7-2-3-8-12/h11-12H,2-10H2,1H3,(H,17,18). The second kappa shape index (κ2) is 6.26. The lowest BCUT2D eigenvalue weighted by Gasteiger charge is -2.35. The van der Waals surface area contributed by atoms with Crippen molar-refractivity contribution in [3.8, 4) is 0 Å². The van der Waals surface area contributed by atoms with Crippen molar-refractivity contribution >= 4 is 12.0 Å². The molecule has 0 unspecified atom stereocenters. The number of hydrogen-bond acceptors (Lipinski definition) is 2. The molecule has 5 nitrogen and oxygen atoms in total. The first-order valence-corrected chi connectivity index (χ1v) is 7.31. The van der Waals surface area contributed by atoms with Crippen LogP contribution in [0.5, 0.6) is 0 Å². The second-order valence-corrected chi connectivity index (χ2v) is 5.92. The summed E-state index contributed by atoms with van der Waals surface area (Å²) in [6.07, 6.45) is 7.72. The predicted molar refractivity (Wildman–Crippen MR) is 72.0 cm³/mol. The zero-order valence-electron chi connectivity index (χ0n) is 11.7. The zero-order chi connectivity index (χ0) is 13.8. The van der Waals surface area contributed by atoms with Gasteiger partial charge in [-0.2, -0.15) is 0 Å². The van der Waals surface area contributed by atoms with Crippen LogP contribution in [0.25, 0.3) is 0 Å². The van der Waals surface area contributed by atoms with E-state index in [9.17, 15) is 9.59 Å². The van der Waals surface area contributed by atoms with E-state index in [1.165, 1.54) is 19.3 Å². The molecule has 2 amide bonds. The highest BCUT2D eigenvalue weighted by molar-refractivity contribution is 5.80. The molecule has 2 aliphatic carbocycles. The third kappa shape index (κ3) is 3.61. The summed E-state index contributed by atoms with van der Waals surface area (Å²) >= 11 is 0. The van der Waals surface area contributed by atoms with Gasteiger partial charge in [-0.3, -0.25) is 4.79 Å². The Morgan fingerprint density at radius 1 is 1.11 bits per heavy atom. The van der Waals surface area contributed by atoms with Crippen molar-refractivity contribution in [1.29, 1.82) is 0 Å². The number of nitrogens with zero attached hydrogens (tertiary/aromatic N) is 2. The number of hydrogen-bond donors (Lipinski definition) is 1. The summed E-state index contributed by atoms with van der Waals surface area (Å²) in [5.41, 5.74) is 0. The SMILES string of the molecule is CN(CC1CCC1)C(=O)N(CC(=O)O)C1CCCC1. The van der Waals surface area contributed by atoms with Crippen LogP contribution in [0.3, 0.4) is 0 Å². The minimum atomic E-state index is -0.919. The van der Waals surface area contributed by atoms with Gasteiger partial charge in [0, 0.05) is 19.6 Å². The molecule has 0 aromatic carbocycles. The third-order valence-electron chi connectivity index (χ3n) is 4.40. The average molecular weight is 268 g/mol. The van der Waals surface area contributed by atoms with Gasteiger partial charge in [0.2, 0.25) is 0 Å². The fourth-order valence-electron chi connectivity index (χ4n) is 3.07. The highest BCUT2D eigenvalue weighted by Gasteiger charge is 2.31. The topological polar surface area (TPSA) is 60.9 Å². The van der Waals surface area contributed by atoms with E-state index in [1.807, 2.05) is 0 Å². The minimum Gasteiger partial charge on any atom is -0.480 e. The zero-order valence-corrected chi connectivity index (χ0v) is 11.7. The van der Waals surface area contributed by atoms with Gasteiger partial charge in [0.15, 0.2) is 0 Å². The van der Waals surface area contributed by atoms with E-state index in [-0.39, 0.29) is 18.6 Å². The Hall–Kier alpha value is -1.26. The molecule has 0 atom stereocenters. The van der Waals surface area contributed by atoms with Gasteiger partial charge in [0.25, 0.3) is 0 Å². The highest BCUT2D eigenvalue weighted by atomic mass is 16.4. The van der Waals surface area contributed by atoms with Gasteiger partial charge in [-0.1, -0.05) is 19.3 Å². The van der Waals surface area contributed by atoms with E-state index in [4.69, 9.17) is 5.11 Å². The van der Waals surface area contributed by atoms with Gasteiger partial charge in [-0.05, 0) is 31.6 Å². The molecule has 2 fully saturated rings. The van der Waals surface area contributed by atoms with Gasteiger partial charge >= 0.3 is 12.0 Å². The van der Waals surface area contributed by atoms with E-state index >= 15 is 0 Å². The molecule has 2 saturated carbocycles. The summed E-state index contributed by atoms with van der Waals surface area (Å²) in [5, 5.41) is 9.00. The molecule has 5 heteroatoms. The molecule has 1 N–H and O–H groups in total. The summed E-state index contributed by atoms with van der Waals surface area (Å²) in [7, 11) is 1.80. The van der Waals surface area contributed by atoms with Crippen molar-refractivity contribution in [3.05, 3.63) is 0 Å². The van der Waals surface area contributed by atoms with E-state index in [2.05, 4.69) is 0 Å². The van der Waals surface area contributed by atoms with E-state index in [0.29, 0.717) is 5.92 Å². The van der Waals surface area contributed by atoms with Crippen LogP contribution in [0, 0.1) is 5.92 Å². The summed E-state index contributed by atoms with van der Waals surface area (Å²) in [6, 6.07) is 0.00800. The normalized spacial score (nSPS) is 20.1. The maximum absolute atomic E-state index is 12.4. The van der Waals surface area contributed by atoms with Crippen LogP contribution in [-0.2, 0) is 4.79 Å². The number of amides is 2. The van der Waals surface area contributed by atoms with Crippen LogP contribution < -0.4 is 0 Å². The molecule has 0 spiro atoms. The van der Waals surface area contributed by atoms with Gasteiger partial charge < -0.3 is 14.9 Å². The number of aliphatic carboxylic acids is 1. The summed E-state index contributed by atoms with van der Waals surface area (Å²) < 4.78 is 0. The largest absolute Gasteiger partial charge is 0.480 e. The molecule has 0 radical (unpaired) electrons. The molecule has 0 heterocycles. The van der Waals surface area contributed by atoms with Crippen molar-refractivity contribution in [1.82, 2.24) is 9.80 Å².